The molecule has 0 saturated carbocycles. The Hall–Kier alpha value is -3.68. The maximum absolute atomic E-state index is 13.2. The normalized spacial score (nSPS) is 23.5. The number of anilines is 2. The molecule has 5 rings (SSSR count). The molecule has 3 aliphatic heterocycles. The molecule has 2 unspecified atom stereocenters. The zero-order chi connectivity index (χ0) is 22.2. The van der Waals surface area contributed by atoms with Crippen LogP contribution in [0.15, 0.2) is 48.5 Å². The first-order valence-electron chi connectivity index (χ1n) is 10.9. The molecule has 3 aliphatic rings. The molecular formula is C24H24N4O4. The van der Waals surface area contributed by atoms with Gasteiger partial charge in [-0.1, -0.05) is 12.1 Å². The fourth-order valence-electron chi connectivity index (χ4n) is 4.81. The van der Waals surface area contributed by atoms with Crippen LogP contribution in [0.25, 0.3) is 0 Å². The Balaban J connectivity index is 1.56. The van der Waals surface area contributed by atoms with Crippen molar-refractivity contribution in [2.24, 2.45) is 0 Å². The van der Waals surface area contributed by atoms with Crippen LogP contribution >= 0.6 is 0 Å². The van der Waals surface area contributed by atoms with E-state index in [9.17, 15) is 19.2 Å². The summed E-state index contributed by atoms with van der Waals surface area (Å²) < 4.78 is 0. The van der Waals surface area contributed by atoms with Crippen LogP contribution in [0, 0.1) is 0 Å². The van der Waals surface area contributed by atoms with Gasteiger partial charge >= 0.3 is 0 Å². The van der Waals surface area contributed by atoms with Gasteiger partial charge in [-0.05, 0) is 62.1 Å². The highest BCUT2D eigenvalue weighted by atomic mass is 16.2. The van der Waals surface area contributed by atoms with E-state index < -0.39 is 12.1 Å². The van der Waals surface area contributed by atoms with E-state index in [1.54, 1.807) is 58.3 Å². The molecule has 0 spiro atoms. The molecular weight excluding hydrogens is 408 g/mol. The van der Waals surface area contributed by atoms with Crippen LogP contribution in [0.5, 0.6) is 0 Å². The monoisotopic (exact) mass is 432 g/mol. The number of hydrogen-bond donors (Lipinski definition) is 2. The minimum Gasteiger partial charge on any atom is -0.327 e. The van der Waals surface area contributed by atoms with Crippen LogP contribution < -0.4 is 10.6 Å². The quantitative estimate of drug-likeness (QED) is 0.668. The van der Waals surface area contributed by atoms with Crippen molar-refractivity contribution in [3.63, 3.8) is 0 Å². The molecule has 8 nitrogen and oxygen atoms in total. The summed E-state index contributed by atoms with van der Waals surface area (Å²) in [6, 6.07) is 12.3. The second kappa shape index (κ2) is 8.11. The van der Waals surface area contributed by atoms with E-state index in [4.69, 9.17) is 0 Å². The van der Waals surface area contributed by atoms with E-state index in [0.29, 0.717) is 48.4 Å². The second-order valence-corrected chi connectivity index (χ2v) is 8.45. The zero-order valence-electron chi connectivity index (χ0n) is 17.5. The number of fused-ring (bicyclic) bond motifs is 6. The van der Waals surface area contributed by atoms with E-state index in [1.165, 1.54) is 0 Å². The molecule has 0 aliphatic carbocycles. The van der Waals surface area contributed by atoms with Crippen LogP contribution in [-0.4, -0.2) is 58.6 Å². The fraction of sp³-hybridized carbons (Fsp3) is 0.333. The molecule has 2 aromatic rings. The van der Waals surface area contributed by atoms with E-state index in [1.807, 2.05) is 0 Å². The summed E-state index contributed by atoms with van der Waals surface area (Å²) in [6.45, 7) is 0.978. The zero-order valence-corrected chi connectivity index (χ0v) is 17.5. The first-order chi connectivity index (χ1) is 15.5. The Morgan fingerprint density at radius 2 is 1.09 bits per heavy atom. The van der Waals surface area contributed by atoms with E-state index in [0.717, 1.165) is 12.8 Å². The minimum absolute atomic E-state index is 0.239. The molecule has 0 aromatic heterocycles. The third-order valence-corrected chi connectivity index (χ3v) is 6.39. The lowest BCUT2D eigenvalue weighted by molar-refractivity contribution is -0.120. The Bertz CT molecular complexity index is 1030. The number of benzene rings is 2. The Kier molecular flexibility index (Phi) is 5.13. The number of nitrogens with zero attached hydrogens (tertiary/aromatic N) is 2. The van der Waals surface area contributed by atoms with Gasteiger partial charge in [0.25, 0.3) is 11.8 Å². The van der Waals surface area contributed by atoms with Crippen LogP contribution in [0.1, 0.15) is 46.4 Å². The lowest BCUT2D eigenvalue weighted by Crippen LogP contribution is -2.44. The van der Waals surface area contributed by atoms with Gasteiger partial charge in [-0.2, -0.15) is 0 Å². The van der Waals surface area contributed by atoms with Crippen molar-refractivity contribution in [3.05, 3.63) is 59.7 Å². The fourth-order valence-corrected chi connectivity index (χ4v) is 4.81. The number of hydrogen-bond acceptors (Lipinski definition) is 4. The summed E-state index contributed by atoms with van der Waals surface area (Å²) in [7, 11) is 0. The molecule has 2 saturated heterocycles. The smallest absolute Gasteiger partial charge is 0.254 e. The van der Waals surface area contributed by atoms with Gasteiger partial charge in [0.15, 0.2) is 0 Å². The van der Waals surface area contributed by atoms with Crippen LogP contribution in [0.2, 0.25) is 0 Å². The van der Waals surface area contributed by atoms with E-state index in [2.05, 4.69) is 10.6 Å². The molecule has 2 N–H and O–H groups in total. The molecule has 4 bridgehead atoms. The average molecular weight is 432 g/mol. The van der Waals surface area contributed by atoms with Crippen molar-refractivity contribution in [1.29, 1.82) is 0 Å². The van der Waals surface area contributed by atoms with Gasteiger partial charge in [0.05, 0.1) is 0 Å². The van der Waals surface area contributed by atoms with E-state index in [-0.39, 0.29) is 23.6 Å². The van der Waals surface area contributed by atoms with Crippen molar-refractivity contribution >= 4 is 35.0 Å². The van der Waals surface area contributed by atoms with Crippen molar-refractivity contribution in [1.82, 2.24) is 9.80 Å². The summed E-state index contributed by atoms with van der Waals surface area (Å²) in [5.74, 6) is -1.01. The van der Waals surface area contributed by atoms with Crippen LogP contribution in [0.3, 0.4) is 0 Å². The summed E-state index contributed by atoms with van der Waals surface area (Å²) in [5.41, 5.74) is 1.82. The van der Waals surface area contributed by atoms with E-state index >= 15 is 0 Å². The predicted molar refractivity (Wildman–Crippen MR) is 118 cm³/mol. The standard InChI is InChI=1S/C24H24N4O4/c29-21-19-9-4-12-28(19)24(32)16-6-2-8-18(14-16)26-22(30)20-10-3-11-27(20)23(31)15-5-1-7-17(13-15)25-21/h1-2,5-8,13-14,19-20H,3-4,9-12H2,(H,25,29)(H,26,30). The molecule has 2 atom stereocenters. The van der Waals surface area contributed by atoms with Gasteiger partial charge < -0.3 is 20.4 Å². The summed E-state index contributed by atoms with van der Waals surface area (Å²) in [6.07, 6.45) is 2.61. The first-order valence-corrected chi connectivity index (χ1v) is 10.9. The number of amides is 4. The van der Waals surface area contributed by atoms with Gasteiger partial charge in [-0.15, -0.1) is 0 Å². The molecule has 164 valence electrons. The number of carbonyl (C=O) groups is 4. The average Bonchev–Trinajstić information content (AvgIpc) is 3.48. The molecule has 3 heterocycles. The Morgan fingerprint density at radius 1 is 0.656 bits per heavy atom. The number of nitrogens with one attached hydrogen (secondary N) is 2. The Morgan fingerprint density at radius 3 is 1.53 bits per heavy atom. The highest BCUT2D eigenvalue weighted by molar-refractivity contribution is 6.05. The van der Waals surface area contributed by atoms with Crippen molar-refractivity contribution < 1.29 is 19.2 Å². The lowest BCUT2D eigenvalue weighted by Gasteiger charge is -2.26. The minimum atomic E-state index is -0.587. The molecule has 2 aromatic carbocycles. The number of carbonyl (C=O) groups excluding carboxylic acids is 4. The lowest BCUT2D eigenvalue weighted by atomic mass is 10.1. The van der Waals surface area contributed by atoms with Crippen molar-refractivity contribution in [3.8, 4) is 0 Å². The summed E-state index contributed by atoms with van der Waals surface area (Å²) >= 11 is 0. The van der Waals surface area contributed by atoms with Gasteiger partial charge in [-0.25, -0.2) is 0 Å². The topological polar surface area (TPSA) is 98.8 Å². The SMILES string of the molecule is O=C1Nc2cccc(c2)C(=O)N2CCCC2C(=O)Nc2cccc(c2)C(=O)N2CCCC12. The van der Waals surface area contributed by atoms with Gasteiger partial charge in [-0.3, -0.25) is 19.2 Å². The largest absolute Gasteiger partial charge is 0.327 e. The summed E-state index contributed by atoms with van der Waals surface area (Å²) in [5, 5.41) is 5.74. The predicted octanol–water partition coefficient (Wildman–Crippen LogP) is 2.49. The van der Waals surface area contributed by atoms with Gasteiger partial charge in [0, 0.05) is 35.6 Å². The maximum Gasteiger partial charge on any atom is 0.254 e. The molecule has 4 amide bonds. The van der Waals surface area contributed by atoms with Gasteiger partial charge in [0.1, 0.15) is 12.1 Å². The van der Waals surface area contributed by atoms with Crippen molar-refractivity contribution in [2.45, 2.75) is 37.8 Å². The molecule has 32 heavy (non-hydrogen) atoms. The van der Waals surface area contributed by atoms with Crippen molar-refractivity contribution in [2.75, 3.05) is 23.7 Å². The Labute approximate surface area is 185 Å². The van der Waals surface area contributed by atoms with Crippen LogP contribution in [0.4, 0.5) is 11.4 Å². The highest BCUT2D eigenvalue weighted by Gasteiger charge is 2.37. The number of rotatable bonds is 0. The third kappa shape index (κ3) is 3.62. The van der Waals surface area contributed by atoms with Crippen LogP contribution in [-0.2, 0) is 9.59 Å². The van der Waals surface area contributed by atoms with Gasteiger partial charge in [0.2, 0.25) is 11.8 Å². The summed E-state index contributed by atoms with van der Waals surface area (Å²) in [4.78, 5) is 55.6. The second-order valence-electron chi connectivity index (χ2n) is 8.45. The molecule has 2 fully saturated rings. The first kappa shape index (κ1) is 20.2. The molecule has 8 heteroatoms. The molecule has 0 radical (unpaired) electrons. The third-order valence-electron chi connectivity index (χ3n) is 6.39. The highest BCUT2D eigenvalue weighted by Crippen LogP contribution is 2.26. The maximum atomic E-state index is 13.2.